The van der Waals surface area contributed by atoms with Crippen molar-refractivity contribution in [2.75, 3.05) is 7.11 Å². The summed E-state index contributed by atoms with van der Waals surface area (Å²) < 4.78 is 4.43. The van der Waals surface area contributed by atoms with E-state index in [2.05, 4.69) is 10.2 Å². The van der Waals surface area contributed by atoms with Gasteiger partial charge in [-0.15, -0.1) is 0 Å². The van der Waals surface area contributed by atoms with Gasteiger partial charge in [0.2, 0.25) is 0 Å². The van der Waals surface area contributed by atoms with Gasteiger partial charge in [0.05, 0.1) is 7.11 Å². The van der Waals surface area contributed by atoms with Crippen molar-refractivity contribution in [3.63, 3.8) is 0 Å². The van der Waals surface area contributed by atoms with Gasteiger partial charge in [-0.05, 0) is 13.8 Å². The number of hydrogen-bond acceptors (Lipinski definition) is 3. The Hall–Kier alpha value is -0.770. The molecule has 9 heavy (non-hydrogen) atoms. The molecule has 0 atom stereocenters. The predicted molar refractivity (Wildman–Crippen MR) is 31.5 cm³/mol. The highest BCUT2D eigenvalue weighted by molar-refractivity contribution is 5.70. The number of ether oxygens (including phenoxy) is 1. The lowest BCUT2D eigenvalue weighted by molar-refractivity contribution is 0.147. The second-order valence-corrected chi connectivity index (χ2v) is 2.48. The van der Waals surface area contributed by atoms with Crippen molar-refractivity contribution in [1.29, 1.82) is 0 Å². The van der Waals surface area contributed by atoms with Gasteiger partial charge in [0.15, 0.2) is 0 Å². The summed E-state index contributed by atoms with van der Waals surface area (Å²) in [7, 11) is 1.36. The topological polar surface area (TPSA) is 51.2 Å². The van der Waals surface area contributed by atoms with Gasteiger partial charge in [0.25, 0.3) is 0 Å². The van der Waals surface area contributed by atoms with Gasteiger partial charge in [0.1, 0.15) is 5.66 Å². The summed E-state index contributed by atoms with van der Waals surface area (Å²) in [6, 6.07) is 0. The molecule has 1 aliphatic rings. The van der Waals surface area contributed by atoms with Crippen LogP contribution in [-0.2, 0) is 4.74 Å². The number of nitrogens with zero attached hydrogens (tertiary/aromatic N) is 1. The highest BCUT2D eigenvalue weighted by Gasteiger charge is 2.47. The third-order valence-corrected chi connectivity index (χ3v) is 1.25. The maximum Gasteiger partial charge on any atom is 0.425 e. The minimum absolute atomic E-state index is 0.201. The first-order valence-corrected chi connectivity index (χ1v) is 2.74. The molecule has 0 aliphatic carbocycles. The Morgan fingerprint density at radius 2 is 2.11 bits per heavy atom. The Morgan fingerprint density at radius 3 is 2.22 bits per heavy atom. The maximum atomic E-state index is 10.6. The number of carbonyl (C=O) groups is 1. The Morgan fingerprint density at radius 1 is 1.67 bits per heavy atom. The second-order valence-electron chi connectivity index (χ2n) is 2.48. The third-order valence-electron chi connectivity index (χ3n) is 1.25. The molecule has 1 fully saturated rings. The number of carbonyl (C=O) groups excluding carboxylic acids is 1. The van der Waals surface area contributed by atoms with E-state index >= 15 is 0 Å². The minimum atomic E-state index is -0.333. The monoisotopic (exact) mass is 130 g/mol. The van der Waals surface area contributed by atoms with E-state index in [1.165, 1.54) is 12.1 Å². The van der Waals surface area contributed by atoms with E-state index < -0.39 is 0 Å². The van der Waals surface area contributed by atoms with E-state index in [-0.39, 0.29) is 11.8 Å². The summed E-state index contributed by atoms with van der Waals surface area (Å²) in [5, 5.41) is 1.42. The molecule has 1 aliphatic heterocycles. The minimum Gasteiger partial charge on any atom is -0.452 e. The van der Waals surface area contributed by atoms with Crippen molar-refractivity contribution < 1.29 is 9.53 Å². The normalized spacial score (nSPS) is 21.4. The number of hydrazine groups is 1. The third kappa shape index (κ3) is 0.977. The Kier molecular flexibility index (Phi) is 1.13. The van der Waals surface area contributed by atoms with Crippen LogP contribution >= 0.6 is 0 Å². The average molecular weight is 130 g/mol. The maximum absolute atomic E-state index is 10.6. The van der Waals surface area contributed by atoms with Gasteiger partial charge in [-0.1, -0.05) is 0 Å². The summed E-state index contributed by atoms with van der Waals surface area (Å²) in [6.45, 7) is 3.79. The van der Waals surface area contributed by atoms with Gasteiger partial charge in [-0.3, -0.25) is 0 Å². The molecule has 4 heteroatoms. The predicted octanol–water partition coefficient (Wildman–Crippen LogP) is 0.309. The fourth-order valence-electron chi connectivity index (χ4n) is 0.614. The molecule has 1 rings (SSSR count). The number of hydrogen-bond donors (Lipinski definition) is 1. The summed E-state index contributed by atoms with van der Waals surface area (Å²) in [6.07, 6.45) is -0.333. The average Bonchev–Trinajstić information content (AvgIpc) is 2.38. The molecule has 0 spiro atoms. The van der Waals surface area contributed by atoms with E-state index in [1.807, 2.05) is 13.8 Å². The van der Waals surface area contributed by atoms with Crippen molar-refractivity contribution in [2.24, 2.45) is 0 Å². The van der Waals surface area contributed by atoms with Gasteiger partial charge >= 0.3 is 6.09 Å². The molecule has 0 aromatic carbocycles. The van der Waals surface area contributed by atoms with E-state index in [1.54, 1.807) is 0 Å². The summed E-state index contributed by atoms with van der Waals surface area (Å²) in [5.74, 6) is 0. The molecule has 4 nitrogen and oxygen atoms in total. The van der Waals surface area contributed by atoms with E-state index in [0.717, 1.165) is 0 Å². The van der Waals surface area contributed by atoms with Gasteiger partial charge < -0.3 is 4.74 Å². The van der Waals surface area contributed by atoms with Crippen molar-refractivity contribution in [3.8, 4) is 0 Å². The number of methoxy groups -OCH3 is 1. The highest BCUT2D eigenvalue weighted by atomic mass is 16.6. The number of rotatable bonds is 0. The van der Waals surface area contributed by atoms with Gasteiger partial charge in [-0.25, -0.2) is 15.2 Å². The van der Waals surface area contributed by atoms with Crippen molar-refractivity contribution >= 4 is 6.09 Å². The molecule has 1 heterocycles. The van der Waals surface area contributed by atoms with E-state index in [4.69, 9.17) is 0 Å². The Balaban J connectivity index is 2.42. The van der Waals surface area contributed by atoms with Crippen LogP contribution in [-0.4, -0.2) is 23.9 Å². The molecule has 0 radical (unpaired) electrons. The SMILES string of the molecule is COC(=O)N1NC1(C)C. The van der Waals surface area contributed by atoms with Crippen LogP contribution in [0.15, 0.2) is 0 Å². The molecule has 0 aromatic rings. The first-order chi connectivity index (χ1) is 4.08. The molecular weight excluding hydrogens is 120 g/mol. The molecule has 1 saturated heterocycles. The fraction of sp³-hybridized carbons (Fsp3) is 0.800. The molecule has 0 aromatic heterocycles. The lowest BCUT2D eigenvalue weighted by Crippen LogP contribution is -2.17. The smallest absolute Gasteiger partial charge is 0.425 e. The largest absolute Gasteiger partial charge is 0.452 e. The molecule has 52 valence electrons. The van der Waals surface area contributed by atoms with Crippen molar-refractivity contribution in [2.45, 2.75) is 19.5 Å². The zero-order valence-corrected chi connectivity index (χ0v) is 5.76. The van der Waals surface area contributed by atoms with Gasteiger partial charge in [0, 0.05) is 0 Å². The lowest BCUT2D eigenvalue weighted by Gasteiger charge is -1.99. The molecule has 0 bridgehead atoms. The first kappa shape index (κ1) is 6.35. The number of amides is 1. The van der Waals surface area contributed by atoms with E-state index in [9.17, 15) is 4.79 Å². The van der Waals surface area contributed by atoms with Crippen LogP contribution in [0, 0.1) is 0 Å². The van der Waals surface area contributed by atoms with Crippen LogP contribution in [0.3, 0.4) is 0 Å². The zero-order chi connectivity index (χ0) is 7.07. The molecular formula is C5H10N2O2. The van der Waals surface area contributed by atoms with E-state index in [0.29, 0.717) is 0 Å². The Bertz CT molecular complexity index is 144. The fourth-order valence-corrected chi connectivity index (χ4v) is 0.614. The quantitative estimate of drug-likeness (QED) is 0.480. The van der Waals surface area contributed by atoms with Crippen LogP contribution in [0.4, 0.5) is 4.79 Å². The van der Waals surface area contributed by atoms with Crippen molar-refractivity contribution in [3.05, 3.63) is 0 Å². The summed E-state index contributed by atoms with van der Waals surface area (Å²) in [5.41, 5.74) is 2.62. The zero-order valence-electron chi connectivity index (χ0n) is 5.76. The molecule has 1 N–H and O–H groups in total. The molecule has 0 unspecified atom stereocenters. The Labute approximate surface area is 53.7 Å². The molecule has 1 amide bonds. The van der Waals surface area contributed by atoms with Crippen LogP contribution in [0.25, 0.3) is 0 Å². The van der Waals surface area contributed by atoms with Crippen molar-refractivity contribution in [1.82, 2.24) is 10.4 Å². The van der Waals surface area contributed by atoms with Crippen LogP contribution in [0.2, 0.25) is 0 Å². The number of nitrogens with one attached hydrogen (secondary N) is 1. The molecule has 0 saturated carbocycles. The standard InChI is InChI=1S/C5H10N2O2/c1-5(2)6-7(5)4(8)9-3/h6H,1-3H3. The lowest BCUT2D eigenvalue weighted by atomic mass is 10.3. The van der Waals surface area contributed by atoms with Crippen LogP contribution in [0.1, 0.15) is 13.8 Å². The van der Waals surface area contributed by atoms with Gasteiger partial charge in [-0.2, -0.15) is 0 Å². The first-order valence-electron chi connectivity index (χ1n) is 2.74. The summed E-state index contributed by atoms with van der Waals surface area (Å²) >= 11 is 0. The highest BCUT2D eigenvalue weighted by Crippen LogP contribution is 2.22. The second kappa shape index (κ2) is 1.60. The summed E-state index contributed by atoms with van der Waals surface area (Å²) in [4.78, 5) is 10.6. The van der Waals surface area contributed by atoms with Crippen LogP contribution < -0.4 is 5.43 Å². The van der Waals surface area contributed by atoms with Crippen LogP contribution in [0.5, 0.6) is 0 Å².